The van der Waals surface area contributed by atoms with Gasteiger partial charge in [0, 0.05) is 18.3 Å². The van der Waals surface area contributed by atoms with Gasteiger partial charge in [0.25, 0.3) is 11.8 Å². The van der Waals surface area contributed by atoms with Crippen LogP contribution >= 0.6 is 0 Å². The van der Waals surface area contributed by atoms with Crippen LogP contribution in [-0.4, -0.2) is 23.4 Å². The fourth-order valence-corrected chi connectivity index (χ4v) is 2.41. The van der Waals surface area contributed by atoms with E-state index >= 15 is 0 Å². The molecule has 1 aromatic heterocycles. The van der Waals surface area contributed by atoms with Crippen molar-refractivity contribution in [2.75, 3.05) is 17.7 Å². The number of anilines is 2. The van der Waals surface area contributed by atoms with Crippen LogP contribution in [0.25, 0.3) is 0 Å². The molecule has 7 nitrogen and oxygen atoms in total. The van der Waals surface area contributed by atoms with Crippen LogP contribution in [0.1, 0.15) is 15.9 Å². The van der Waals surface area contributed by atoms with Gasteiger partial charge in [0.2, 0.25) is 0 Å². The van der Waals surface area contributed by atoms with Gasteiger partial charge in [-0.2, -0.15) is 0 Å². The summed E-state index contributed by atoms with van der Waals surface area (Å²) in [7, 11) is 0. The van der Waals surface area contributed by atoms with Crippen molar-refractivity contribution >= 4 is 23.2 Å². The van der Waals surface area contributed by atoms with E-state index < -0.39 is 0 Å². The van der Waals surface area contributed by atoms with Gasteiger partial charge < -0.3 is 21.1 Å². The first-order chi connectivity index (χ1) is 13.6. The second-order valence-corrected chi connectivity index (χ2v) is 5.99. The van der Waals surface area contributed by atoms with Gasteiger partial charge in [0.1, 0.15) is 5.75 Å². The minimum atomic E-state index is -0.252. The Morgan fingerprint density at radius 2 is 1.79 bits per heavy atom. The van der Waals surface area contributed by atoms with Crippen molar-refractivity contribution in [2.45, 2.75) is 6.54 Å². The summed E-state index contributed by atoms with van der Waals surface area (Å²) in [6.45, 7) is 0.243. The van der Waals surface area contributed by atoms with Crippen LogP contribution in [0.4, 0.5) is 11.4 Å². The highest BCUT2D eigenvalue weighted by molar-refractivity contribution is 6.05. The summed E-state index contributed by atoms with van der Waals surface area (Å²) in [5.41, 5.74) is 8.27. The molecule has 28 heavy (non-hydrogen) atoms. The Kier molecular flexibility index (Phi) is 6.20. The van der Waals surface area contributed by atoms with E-state index in [2.05, 4.69) is 15.6 Å². The molecule has 0 saturated carbocycles. The summed E-state index contributed by atoms with van der Waals surface area (Å²) >= 11 is 0. The Hall–Kier alpha value is -3.87. The number of aromatic nitrogens is 1. The molecule has 0 atom stereocenters. The quantitative estimate of drug-likeness (QED) is 0.550. The van der Waals surface area contributed by atoms with Crippen LogP contribution in [0.2, 0.25) is 0 Å². The summed E-state index contributed by atoms with van der Waals surface area (Å²) in [6.07, 6.45) is 3.17. The molecule has 2 amide bonds. The average Bonchev–Trinajstić information content (AvgIpc) is 2.73. The zero-order chi connectivity index (χ0) is 19.8. The topological polar surface area (TPSA) is 106 Å². The molecule has 0 aliphatic heterocycles. The third kappa shape index (κ3) is 5.31. The van der Waals surface area contributed by atoms with Crippen molar-refractivity contribution in [2.24, 2.45) is 0 Å². The number of carbonyl (C=O) groups excluding carboxylic acids is 2. The Morgan fingerprint density at radius 1 is 1.00 bits per heavy atom. The Morgan fingerprint density at radius 3 is 2.50 bits per heavy atom. The maximum atomic E-state index is 12.3. The number of pyridine rings is 1. The van der Waals surface area contributed by atoms with E-state index in [-0.39, 0.29) is 18.4 Å². The summed E-state index contributed by atoms with van der Waals surface area (Å²) in [4.78, 5) is 28.1. The number of nitrogens with zero attached hydrogens (tertiary/aromatic N) is 1. The van der Waals surface area contributed by atoms with Crippen molar-refractivity contribution in [3.8, 4) is 5.75 Å². The number of nitrogens with one attached hydrogen (secondary N) is 2. The standard InChI is InChI=1S/C21H20N4O3/c22-18-5-1-2-6-19(18)25-21(27)16-9-7-15(8-10-16)12-24-20(26)14-28-17-4-3-11-23-13-17/h1-11,13H,12,14,22H2,(H,24,26)(H,25,27). The molecule has 7 heteroatoms. The van der Waals surface area contributed by atoms with Crippen LogP contribution in [0, 0.1) is 0 Å². The number of ether oxygens (including phenoxy) is 1. The van der Waals surface area contributed by atoms with Gasteiger partial charge in [-0.05, 0) is 42.0 Å². The fourth-order valence-electron chi connectivity index (χ4n) is 2.41. The van der Waals surface area contributed by atoms with E-state index in [0.717, 1.165) is 5.56 Å². The maximum Gasteiger partial charge on any atom is 0.258 e. The van der Waals surface area contributed by atoms with Gasteiger partial charge in [-0.3, -0.25) is 14.6 Å². The highest BCUT2D eigenvalue weighted by atomic mass is 16.5. The number of nitrogens with two attached hydrogens (primary N) is 1. The van der Waals surface area contributed by atoms with E-state index in [9.17, 15) is 9.59 Å². The number of rotatable bonds is 7. The molecule has 4 N–H and O–H groups in total. The van der Waals surface area contributed by atoms with Gasteiger partial charge >= 0.3 is 0 Å². The molecule has 142 valence electrons. The first-order valence-corrected chi connectivity index (χ1v) is 8.66. The zero-order valence-corrected chi connectivity index (χ0v) is 15.1. The average molecular weight is 376 g/mol. The molecule has 0 saturated heterocycles. The Balaban J connectivity index is 1.48. The lowest BCUT2D eigenvalue weighted by molar-refractivity contribution is -0.123. The predicted octanol–water partition coefficient (Wildman–Crippen LogP) is 2.61. The molecule has 0 spiro atoms. The van der Waals surface area contributed by atoms with Crippen molar-refractivity contribution in [1.29, 1.82) is 0 Å². The molecule has 0 aliphatic rings. The van der Waals surface area contributed by atoms with Crippen LogP contribution < -0.4 is 21.1 Å². The summed E-state index contributed by atoms with van der Waals surface area (Å²) < 4.78 is 5.34. The third-order valence-electron chi connectivity index (χ3n) is 3.92. The molecule has 0 radical (unpaired) electrons. The number of hydrogen-bond acceptors (Lipinski definition) is 5. The monoisotopic (exact) mass is 376 g/mol. The molecule has 0 aliphatic carbocycles. The van der Waals surface area contributed by atoms with Crippen LogP contribution in [0.3, 0.4) is 0 Å². The second-order valence-electron chi connectivity index (χ2n) is 5.99. The normalized spacial score (nSPS) is 10.1. The Labute approximate surface area is 162 Å². The van der Waals surface area contributed by atoms with Gasteiger partial charge in [-0.25, -0.2) is 0 Å². The highest BCUT2D eigenvalue weighted by Gasteiger charge is 2.08. The largest absolute Gasteiger partial charge is 0.482 e. The smallest absolute Gasteiger partial charge is 0.258 e. The summed E-state index contributed by atoms with van der Waals surface area (Å²) in [6, 6.07) is 17.5. The Bertz CT molecular complexity index is 943. The molecule has 2 aromatic carbocycles. The van der Waals surface area contributed by atoms with Gasteiger partial charge in [0.05, 0.1) is 17.6 Å². The first-order valence-electron chi connectivity index (χ1n) is 8.66. The SMILES string of the molecule is Nc1ccccc1NC(=O)c1ccc(CNC(=O)COc2cccnc2)cc1. The first kappa shape index (κ1) is 18.9. The molecule has 1 heterocycles. The molecule has 3 aromatic rings. The van der Waals surface area contributed by atoms with Crippen molar-refractivity contribution in [3.63, 3.8) is 0 Å². The van der Waals surface area contributed by atoms with Crippen molar-refractivity contribution in [3.05, 3.63) is 84.2 Å². The van der Waals surface area contributed by atoms with E-state index in [1.165, 1.54) is 0 Å². The van der Waals surface area contributed by atoms with E-state index in [1.54, 1.807) is 73.1 Å². The molecule has 0 fully saturated rings. The minimum Gasteiger partial charge on any atom is -0.482 e. The van der Waals surface area contributed by atoms with E-state index in [4.69, 9.17) is 10.5 Å². The van der Waals surface area contributed by atoms with Crippen molar-refractivity contribution in [1.82, 2.24) is 10.3 Å². The van der Waals surface area contributed by atoms with Crippen LogP contribution in [-0.2, 0) is 11.3 Å². The number of carbonyl (C=O) groups is 2. The molecule has 0 bridgehead atoms. The minimum absolute atomic E-state index is 0.0926. The maximum absolute atomic E-state index is 12.3. The van der Waals surface area contributed by atoms with Crippen LogP contribution in [0.5, 0.6) is 5.75 Å². The lowest BCUT2D eigenvalue weighted by Gasteiger charge is -2.09. The number of hydrogen-bond donors (Lipinski definition) is 3. The third-order valence-corrected chi connectivity index (χ3v) is 3.92. The highest BCUT2D eigenvalue weighted by Crippen LogP contribution is 2.18. The number of para-hydroxylation sites is 2. The summed E-state index contributed by atoms with van der Waals surface area (Å²) in [5.74, 6) is 0.0376. The zero-order valence-electron chi connectivity index (χ0n) is 15.1. The van der Waals surface area contributed by atoms with E-state index in [0.29, 0.717) is 29.2 Å². The van der Waals surface area contributed by atoms with Gasteiger partial charge in [0.15, 0.2) is 6.61 Å². The van der Waals surface area contributed by atoms with Crippen molar-refractivity contribution < 1.29 is 14.3 Å². The van der Waals surface area contributed by atoms with Gasteiger partial charge in [-0.15, -0.1) is 0 Å². The lowest BCUT2D eigenvalue weighted by Crippen LogP contribution is -2.28. The summed E-state index contributed by atoms with van der Waals surface area (Å²) in [5, 5.41) is 5.54. The lowest BCUT2D eigenvalue weighted by atomic mass is 10.1. The van der Waals surface area contributed by atoms with Gasteiger partial charge in [-0.1, -0.05) is 24.3 Å². The molecule has 0 unspecified atom stereocenters. The molecule has 3 rings (SSSR count). The number of nitrogen functional groups attached to an aromatic ring is 1. The predicted molar refractivity (Wildman–Crippen MR) is 107 cm³/mol. The fraction of sp³-hybridized carbons (Fsp3) is 0.0952. The van der Waals surface area contributed by atoms with E-state index in [1.807, 2.05) is 0 Å². The molecular formula is C21H20N4O3. The van der Waals surface area contributed by atoms with Crippen LogP contribution in [0.15, 0.2) is 73.1 Å². The molecular weight excluding hydrogens is 356 g/mol. The second kappa shape index (κ2) is 9.18. The number of amides is 2. The number of benzene rings is 2.